The Morgan fingerprint density at radius 2 is 2.15 bits per heavy atom. The first-order chi connectivity index (χ1) is 9.50. The quantitative estimate of drug-likeness (QED) is 0.717. The van der Waals surface area contributed by atoms with E-state index in [-0.39, 0.29) is 17.9 Å². The molecule has 4 nitrogen and oxygen atoms in total. The zero-order chi connectivity index (χ0) is 15.0. The minimum Gasteiger partial charge on any atom is -0.489 e. The van der Waals surface area contributed by atoms with Gasteiger partial charge in [-0.2, -0.15) is 0 Å². The molecule has 1 amide bonds. The third-order valence-electron chi connectivity index (χ3n) is 3.00. The first-order valence-corrected chi connectivity index (χ1v) is 6.72. The van der Waals surface area contributed by atoms with Gasteiger partial charge in [0.1, 0.15) is 12.4 Å². The van der Waals surface area contributed by atoms with E-state index in [0.29, 0.717) is 30.9 Å². The Morgan fingerprint density at radius 3 is 2.80 bits per heavy atom. The fourth-order valence-electron chi connectivity index (χ4n) is 1.73. The fourth-order valence-corrected chi connectivity index (χ4v) is 1.73. The van der Waals surface area contributed by atoms with Gasteiger partial charge in [-0.15, -0.1) is 0 Å². The second-order valence-electron chi connectivity index (χ2n) is 5.42. The van der Waals surface area contributed by atoms with E-state index in [2.05, 4.69) is 11.9 Å². The summed E-state index contributed by atoms with van der Waals surface area (Å²) >= 11 is 0. The fraction of sp³-hybridized carbons (Fsp3) is 0.438. The topological polar surface area (TPSA) is 58.6 Å². The summed E-state index contributed by atoms with van der Waals surface area (Å²) in [5.74, 6) is 0.376. The summed E-state index contributed by atoms with van der Waals surface area (Å²) in [7, 11) is 0. The molecule has 0 aliphatic rings. The summed E-state index contributed by atoms with van der Waals surface area (Å²) in [6, 6.07) is 7.11. The molecule has 0 unspecified atom stereocenters. The lowest BCUT2D eigenvalue weighted by Crippen LogP contribution is -2.34. The monoisotopic (exact) mass is 277 g/mol. The molecular weight excluding hydrogens is 254 g/mol. The molecule has 0 aromatic heterocycles. The number of amides is 1. The van der Waals surface area contributed by atoms with Crippen LogP contribution in [0.1, 0.15) is 30.6 Å². The first kappa shape index (κ1) is 16.2. The summed E-state index contributed by atoms with van der Waals surface area (Å²) in [5, 5.41) is 11.9. The number of benzene rings is 1. The molecule has 2 N–H and O–H groups in total. The lowest BCUT2D eigenvalue weighted by molar-refractivity contribution is 0.0924. The van der Waals surface area contributed by atoms with Gasteiger partial charge in [0.25, 0.3) is 5.91 Å². The van der Waals surface area contributed by atoms with Crippen molar-refractivity contribution in [1.29, 1.82) is 0 Å². The van der Waals surface area contributed by atoms with Crippen molar-refractivity contribution >= 4 is 5.91 Å². The van der Waals surface area contributed by atoms with Gasteiger partial charge in [0.2, 0.25) is 0 Å². The summed E-state index contributed by atoms with van der Waals surface area (Å²) in [5.41, 5.74) is 0.371. The Bertz CT molecular complexity index is 455. The van der Waals surface area contributed by atoms with Gasteiger partial charge in [0.15, 0.2) is 0 Å². The Kier molecular flexibility index (Phi) is 6.25. The van der Waals surface area contributed by atoms with Crippen molar-refractivity contribution in [3.8, 4) is 5.75 Å². The van der Waals surface area contributed by atoms with E-state index in [9.17, 15) is 4.79 Å². The number of rotatable bonds is 8. The van der Waals surface area contributed by atoms with Crippen molar-refractivity contribution in [2.45, 2.75) is 20.3 Å². The maximum atomic E-state index is 12.2. The van der Waals surface area contributed by atoms with Gasteiger partial charge in [-0.3, -0.25) is 4.79 Å². The van der Waals surface area contributed by atoms with Crippen molar-refractivity contribution in [2.75, 3.05) is 19.8 Å². The van der Waals surface area contributed by atoms with Crippen molar-refractivity contribution in [3.05, 3.63) is 42.5 Å². The maximum Gasteiger partial charge on any atom is 0.255 e. The van der Waals surface area contributed by atoms with Crippen molar-refractivity contribution < 1.29 is 14.6 Å². The van der Waals surface area contributed by atoms with Crippen molar-refractivity contribution in [3.63, 3.8) is 0 Å². The second kappa shape index (κ2) is 7.70. The normalized spacial score (nSPS) is 10.9. The molecule has 0 atom stereocenters. The number of para-hydroxylation sites is 1. The predicted octanol–water partition coefficient (Wildman–Crippen LogP) is 2.39. The highest BCUT2D eigenvalue weighted by molar-refractivity contribution is 5.96. The molecule has 0 aliphatic carbocycles. The van der Waals surface area contributed by atoms with Crippen molar-refractivity contribution in [2.24, 2.45) is 5.41 Å². The predicted molar refractivity (Wildman–Crippen MR) is 80.0 cm³/mol. The summed E-state index contributed by atoms with van der Waals surface area (Å²) < 4.78 is 5.47. The average molecular weight is 277 g/mol. The van der Waals surface area contributed by atoms with E-state index in [0.717, 1.165) is 0 Å². The largest absolute Gasteiger partial charge is 0.489 e. The molecule has 0 fully saturated rings. The van der Waals surface area contributed by atoms with Crippen LogP contribution in [0.4, 0.5) is 0 Å². The van der Waals surface area contributed by atoms with Crippen molar-refractivity contribution in [1.82, 2.24) is 5.32 Å². The van der Waals surface area contributed by atoms with E-state index in [1.165, 1.54) is 0 Å². The van der Waals surface area contributed by atoms with Crippen LogP contribution >= 0.6 is 0 Å². The zero-order valence-electron chi connectivity index (χ0n) is 12.2. The van der Waals surface area contributed by atoms with E-state index in [1.54, 1.807) is 24.3 Å². The Morgan fingerprint density at radius 1 is 1.45 bits per heavy atom. The molecular formula is C16H23NO3. The number of carbonyl (C=O) groups is 1. The number of hydrogen-bond donors (Lipinski definition) is 2. The van der Waals surface area contributed by atoms with Gasteiger partial charge >= 0.3 is 0 Å². The minimum atomic E-state index is -0.171. The highest BCUT2D eigenvalue weighted by Gasteiger charge is 2.19. The lowest BCUT2D eigenvalue weighted by atomic mass is 9.89. The summed E-state index contributed by atoms with van der Waals surface area (Å²) in [4.78, 5) is 12.2. The molecule has 0 saturated heterocycles. The van der Waals surface area contributed by atoms with Gasteiger partial charge < -0.3 is 15.2 Å². The van der Waals surface area contributed by atoms with Gasteiger partial charge in [-0.1, -0.05) is 38.6 Å². The van der Waals surface area contributed by atoms with Crippen LogP contribution in [-0.4, -0.2) is 30.8 Å². The van der Waals surface area contributed by atoms with E-state index in [1.807, 2.05) is 19.9 Å². The second-order valence-corrected chi connectivity index (χ2v) is 5.42. The third kappa shape index (κ3) is 5.05. The standard InChI is InChI=1S/C16H23NO3/c1-4-11-20-14-8-6-5-7-13(14)15(19)17-12-16(2,3)9-10-18/h4-8,18H,1,9-12H2,2-3H3,(H,17,19). The average Bonchev–Trinajstić information content (AvgIpc) is 2.43. The Labute approximate surface area is 120 Å². The first-order valence-electron chi connectivity index (χ1n) is 6.72. The highest BCUT2D eigenvalue weighted by atomic mass is 16.5. The smallest absolute Gasteiger partial charge is 0.255 e. The van der Waals surface area contributed by atoms with E-state index < -0.39 is 0 Å². The molecule has 1 aromatic carbocycles. The molecule has 1 aromatic rings. The molecule has 0 spiro atoms. The molecule has 1 rings (SSSR count). The van der Waals surface area contributed by atoms with Crippen LogP contribution in [-0.2, 0) is 0 Å². The van der Waals surface area contributed by atoms with Gasteiger partial charge in [-0.25, -0.2) is 0 Å². The molecule has 110 valence electrons. The third-order valence-corrected chi connectivity index (χ3v) is 3.00. The van der Waals surface area contributed by atoms with Crippen LogP contribution in [0.5, 0.6) is 5.75 Å². The van der Waals surface area contributed by atoms with Crippen LogP contribution in [0.3, 0.4) is 0 Å². The number of nitrogens with one attached hydrogen (secondary N) is 1. The minimum absolute atomic E-state index is 0.113. The summed E-state index contributed by atoms with van der Waals surface area (Å²) in [6.45, 7) is 8.57. The zero-order valence-corrected chi connectivity index (χ0v) is 12.2. The molecule has 0 bridgehead atoms. The Hall–Kier alpha value is -1.81. The van der Waals surface area contributed by atoms with Crippen LogP contribution in [0.2, 0.25) is 0 Å². The Balaban J connectivity index is 2.70. The van der Waals surface area contributed by atoms with Crippen LogP contribution in [0, 0.1) is 5.41 Å². The molecule has 20 heavy (non-hydrogen) atoms. The van der Waals surface area contributed by atoms with Gasteiger partial charge in [0.05, 0.1) is 5.56 Å². The molecule has 0 aliphatic heterocycles. The van der Waals surface area contributed by atoms with Crippen LogP contribution in [0.25, 0.3) is 0 Å². The molecule has 0 radical (unpaired) electrons. The van der Waals surface area contributed by atoms with Gasteiger partial charge in [-0.05, 0) is 24.0 Å². The lowest BCUT2D eigenvalue weighted by Gasteiger charge is -2.24. The summed E-state index contributed by atoms with van der Waals surface area (Å²) in [6.07, 6.45) is 2.28. The van der Waals surface area contributed by atoms with Crippen LogP contribution in [0.15, 0.2) is 36.9 Å². The molecule has 0 saturated carbocycles. The van der Waals surface area contributed by atoms with E-state index in [4.69, 9.17) is 9.84 Å². The van der Waals surface area contributed by atoms with Crippen LogP contribution < -0.4 is 10.1 Å². The number of ether oxygens (including phenoxy) is 1. The molecule has 4 heteroatoms. The maximum absolute atomic E-state index is 12.2. The number of aliphatic hydroxyl groups is 1. The SMILES string of the molecule is C=CCOc1ccccc1C(=O)NCC(C)(C)CCO. The number of aliphatic hydroxyl groups excluding tert-OH is 1. The van der Waals surface area contributed by atoms with E-state index >= 15 is 0 Å². The van der Waals surface area contributed by atoms with Gasteiger partial charge in [0, 0.05) is 13.2 Å². The highest BCUT2D eigenvalue weighted by Crippen LogP contribution is 2.20. The molecule has 0 heterocycles. The number of carbonyl (C=O) groups excluding carboxylic acids is 1. The number of hydrogen-bond acceptors (Lipinski definition) is 3.